The number of nitrogens with two attached hydrogens (primary N) is 1. The fourth-order valence-electron chi connectivity index (χ4n) is 1.80. The highest BCUT2D eigenvalue weighted by Crippen LogP contribution is 2.28. The van der Waals surface area contributed by atoms with Crippen molar-refractivity contribution in [3.63, 3.8) is 0 Å². The fourth-order valence-corrected chi connectivity index (χ4v) is 1.80. The molecule has 0 aliphatic carbocycles. The van der Waals surface area contributed by atoms with Gasteiger partial charge in [0, 0.05) is 19.2 Å². The van der Waals surface area contributed by atoms with Gasteiger partial charge >= 0.3 is 0 Å². The van der Waals surface area contributed by atoms with Gasteiger partial charge in [-0.15, -0.1) is 0 Å². The summed E-state index contributed by atoms with van der Waals surface area (Å²) < 4.78 is 0. The molecule has 1 aromatic carbocycles. The van der Waals surface area contributed by atoms with Crippen molar-refractivity contribution in [2.45, 2.75) is 13.8 Å². The van der Waals surface area contributed by atoms with Crippen molar-refractivity contribution in [1.29, 1.82) is 0 Å². The number of nitrogens with zero attached hydrogens (tertiary/aromatic N) is 2. The standard InChI is InChI=1S/C12H17N3O4/c1-3-14(4-5-16)12(17)9-6-8(2)7-10(11(9)13)15(18)19/h6-7,16H,3-5,13H2,1-2H3. The number of hydrogen-bond donors (Lipinski definition) is 2. The van der Waals surface area contributed by atoms with Gasteiger partial charge in [-0.2, -0.15) is 0 Å². The first kappa shape index (κ1) is 14.9. The Labute approximate surface area is 110 Å². The highest BCUT2D eigenvalue weighted by Gasteiger charge is 2.23. The van der Waals surface area contributed by atoms with Crippen LogP contribution in [0.5, 0.6) is 0 Å². The number of aryl methyl sites for hydroxylation is 1. The molecule has 7 nitrogen and oxygen atoms in total. The summed E-state index contributed by atoms with van der Waals surface area (Å²) in [5, 5.41) is 19.8. The number of benzene rings is 1. The molecule has 0 heterocycles. The van der Waals surface area contributed by atoms with Gasteiger partial charge in [-0.1, -0.05) is 0 Å². The van der Waals surface area contributed by atoms with Crippen LogP contribution in [0.3, 0.4) is 0 Å². The van der Waals surface area contributed by atoms with Crippen molar-refractivity contribution in [1.82, 2.24) is 4.90 Å². The molecule has 7 heteroatoms. The van der Waals surface area contributed by atoms with Gasteiger partial charge < -0.3 is 15.7 Å². The lowest BCUT2D eigenvalue weighted by Gasteiger charge is -2.20. The van der Waals surface area contributed by atoms with Crippen LogP contribution in [0.15, 0.2) is 12.1 Å². The number of nitro groups is 1. The second kappa shape index (κ2) is 6.14. The number of hydrogen-bond acceptors (Lipinski definition) is 5. The Balaban J connectivity index is 3.26. The molecule has 0 bridgehead atoms. The molecule has 0 aromatic heterocycles. The molecule has 0 saturated carbocycles. The first-order valence-corrected chi connectivity index (χ1v) is 5.87. The number of nitro benzene ring substituents is 1. The van der Waals surface area contributed by atoms with Crippen LogP contribution < -0.4 is 5.73 Å². The van der Waals surface area contributed by atoms with Gasteiger partial charge in [-0.3, -0.25) is 14.9 Å². The largest absolute Gasteiger partial charge is 0.395 e. The van der Waals surface area contributed by atoms with Gasteiger partial charge in [0.05, 0.1) is 17.1 Å². The van der Waals surface area contributed by atoms with E-state index in [9.17, 15) is 14.9 Å². The quantitative estimate of drug-likeness (QED) is 0.468. The minimum absolute atomic E-state index is 0.0991. The van der Waals surface area contributed by atoms with Crippen molar-refractivity contribution in [3.8, 4) is 0 Å². The number of nitrogen functional groups attached to an aromatic ring is 1. The van der Waals surface area contributed by atoms with Crippen molar-refractivity contribution >= 4 is 17.3 Å². The maximum absolute atomic E-state index is 12.2. The van der Waals surface area contributed by atoms with Crippen LogP contribution in [-0.2, 0) is 0 Å². The SMILES string of the molecule is CCN(CCO)C(=O)c1cc(C)cc([N+](=O)[O-])c1N. The third kappa shape index (κ3) is 3.19. The van der Waals surface area contributed by atoms with Crippen LogP contribution in [0, 0.1) is 17.0 Å². The second-order valence-corrected chi connectivity index (χ2v) is 4.11. The second-order valence-electron chi connectivity index (χ2n) is 4.11. The molecule has 0 radical (unpaired) electrons. The van der Waals surface area contributed by atoms with Crippen molar-refractivity contribution in [2.24, 2.45) is 0 Å². The minimum atomic E-state index is -0.610. The third-order valence-electron chi connectivity index (χ3n) is 2.77. The Hall–Kier alpha value is -2.15. The zero-order valence-corrected chi connectivity index (χ0v) is 10.9. The molecular weight excluding hydrogens is 250 g/mol. The third-order valence-corrected chi connectivity index (χ3v) is 2.77. The predicted octanol–water partition coefficient (Wildman–Crippen LogP) is 0.940. The lowest BCUT2D eigenvalue weighted by molar-refractivity contribution is -0.384. The predicted molar refractivity (Wildman–Crippen MR) is 70.9 cm³/mol. The number of aliphatic hydroxyl groups is 1. The Morgan fingerprint density at radius 3 is 2.63 bits per heavy atom. The summed E-state index contributed by atoms with van der Waals surface area (Å²) in [5.41, 5.74) is 5.96. The van der Waals surface area contributed by atoms with Crippen LogP contribution in [0.2, 0.25) is 0 Å². The van der Waals surface area contributed by atoms with E-state index in [-0.39, 0.29) is 30.1 Å². The molecule has 0 unspecified atom stereocenters. The molecule has 19 heavy (non-hydrogen) atoms. The summed E-state index contributed by atoms with van der Waals surface area (Å²) in [7, 11) is 0. The van der Waals surface area contributed by atoms with Crippen LogP contribution >= 0.6 is 0 Å². The number of carbonyl (C=O) groups is 1. The fraction of sp³-hybridized carbons (Fsp3) is 0.417. The lowest BCUT2D eigenvalue weighted by atomic mass is 10.1. The van der Waals surface area contributed by atoms with E-state index in [0.29, 0.717) is 12.1 Å². The molecule has 0 aliphatic heterocycles. The van der Waals surface area contributed by atoms with Gasteiger partial charge in [0.15, 0.2) is 0 Å². The van der Waals surface area contributed by atoms with E-state index in [1.807, 2.05) is 0 Å². The van der Waals surface area contributed by atoms with E-state index >= 15 is 0 Å². The molecule has 1 rings (SSSR count). The smallest absolute Gasteiger partial charge is 0.293 e. The first-order valence-electron chi connectivity index (χ1n) is 5.87. The minimum Gasteiger partial charge on any atom is -0.395 e. The number of amides is 1. The molecule has 0 atom stereocenters. The van der Waals surface area contributed by atoms with Crippen LogP contribution in [0.4, 0.5) is 11.4 Å². The van der Waals surface area contributed by atoms with E-state index in [2.05, 4.69) is 0 Å². The summed E-state index contributed by atoms with van der Waals surface area (Å²) in [5.74, 6) is -0.416. The van der Waals surface area contributed by atoms with Crippen LogP contribution in [0.25, 0.3) is 0 Å². The number of aliphatic hydroxyl groups excluding tert-OH is 1. The number of likely N-dealkylation sites (N-methyl/N-ethyl adjacent to an activating group) is 1. The zero-order chi connectivity index (χ0) is 14.6. The monoisotopic (exact) mass is 267 g/mol. The van der Waals surface area contributed by atoms with Gasteiger partial charge in [-0.05, 0) is 25.5 Å². The average Bonchev–Trinajstić information content (AvgIpc) is 2.37. The lowest BCUT2D eigenvalue weighted by Crippen LogP contribution is -2.34. The zero-order valence-electron chi connectivity index (χ0n) is 10.9. The van der Waals surface area contributed by atoms with Crippen LogP contribution in [0.1, 0.15) is 22.8 Å². The Bertz CT molecular complexity index is 502. The van der Waals surface area contributed by atoms with Crippen molar-refractivity contribution in [3.05, 3.63) is 33.4 Å². The molecule has 3 N–H and O–H groups in total. The molecular formula is C12H17N3O4. The highest BCUT2D eigenvalue weighted by molar-refractivity contribution is 6.01. The van der Waals surface area contributed by atoms with Gasteiger partial charge in [0.1, 0.15) is 5.69 Å². The normalized spacial score (nSPS) is 10.3. The number of rotatable bonds is 5. The van der Waals surface area contributed by atoms with E-state index in [4.69, 9.17) is 10.8 Å². The van der Waals surface area contributed by atoms with Crippen LogP contribution in [-0.4, -0.2) is 40.5 Å². The molecule has 0 spiro atoms. The topological polar surface area (TPSA) is 110 Å². The van der Waals surface area contributed by atoms with E-state index in [1.165, 1.54) is 17.0 Å². The summed E-state index contributed by atoms with van der Waals surface area (Å²) >= 11 is 0. The molecule has 104 valence electrons. The summed E-state index contributed by atoms with van der Waals surface area (Å²) in [4.78, 5) is 23.9. The molecule has 0 fully saturated rings. The van der Waals surface area contributed by atoms with Gasteiger partial charge in [0.25, 0.3) is 11.6 Å². The van der Waals surface area contributed by atoms with E-state index < -0.39 is 10.8 Å². The van der Waals surface area contributed by atoms with Gasteiger partial charge in [-0.25, -0.2) is 0 Å². The maximum atomic E-state index is 12.2. The number of anilines is 1. The molecule has 1 amide bonds. The molecule has 1 aromatic rings. The molecule has 0 aliphatic rings. The summed E-state index contributed by atoms with van der Waals surface area (Å²) in [6.45, 7) is 3.80. The summed E-state index contributed by atoms with van der Waals surface area (Å²) in [6.07, 6.45) is 0. The number of carbonyl (C=O) groups excluding carboxylic acids is 1. The van der Waals surface area contributed by atoms with Gasteiger partial charge in [0.2, 0.25) is 0 Å². The summed E-state index contributed by atoms with van der Waals surface area (Å²) in [6, 6.07) is 2.85. The van der Waals surface area contributed by atoms with E-state index in [0.717, 1.165) is 0 Å². The highest BCUT2D eigenvalue weighted by atomic mass is 16.6. The average molecular weight is 267 g/mol. The molecule has 0 saturated heterocycles. The van der Waals surface area contributed by atoms with Crippen molar-refractivity contribution < 1.29 is 14.8 Å². The van der Waals surface area contributed by atoms with Crippen molar-refractivity contribution in [2.75, 3.05) is 25.4 Å². The Morgan fingerprint density at radius 1 is 1.53 bits per heavy atom. The first-order chi connectivity index (χ1) is 8.92. The maximum Gasteiger partial charge on any atom is 0.293 e. The Kier molecular flexibility index (Phi) is 4.82. The Morgan fingerprint density at radius 2 is 2.16 bits per heavy atom. The van der Waals surface area contributed by atoms with E-state index in [1.54, 1.807) is 13.8 Å².